The number of hydrogen-bond donors (Lipinski definition) is 0. The van der Waals surface area contributed by atoms with E-state index in [9.17, 15) is 0 Å². The van der Waals surface area contributed by atoms with E-state index in [-0.39, 0.29) is 0 Å². The Morgan fingerprint density at radius 2 is 1.38 bits per heavy atom. The molecular weight excluding hydrogens is 292 g/mol. The highest BCUT2D eigenvalue weighted by Gasteiger charge is 2.12. The van der Waals surface area contributed by atoms with Crippen molar-refractivity contribution < 1.29 is 0 Å². The molecule has 1 aliphatic rings. The summed E-state index contributed by atoms with van der Waals surface area (Å²) < 4.78 is 0. The minimum atomic E-state index is 0.996. The van der Waals surface area contributed by atoms with Gasteiger partial charge in [0.1, 0.15) is 5.84 Å². The molecule has 0 fully saturated rings. The van der Waals surface area contributed by atoms with Gasteiger partial charge in [0.25, 0.3) is 0 Å². The predicted molar refractivity (Wildman–Crippen MR) is 109 cm³/mol. The first kappa shape index (κ1) is 21.3. The molecule has 0 atom stereocenters. The largest absolute Gasteiger partial charge is 0.359 e. The van der Waals surface area contributed by atoms with Gasteiger partial charge in [-0.2, -0.15) is 0 Å². The molecule has 0 spiro atoms. The van der Waals surface area contributed by atoms with Gasteiger partial charge in [-0.25, -0.2) is 0 Å². The summed E-state index contributed by atoms with van der Waals surface area (Å²) >= 11 is 0. The smallest absolute Gasteiger partial charge is 0.103 e. The summed E-state index contributed by atoms with van der Waals surface area (Å²) in [6, 6.07) is 0. The number of likely N-dealkylation sites (N-methyl/N-ethyl adjacent to an activating group) is 1. The lowest BCUT2D eigenvalue weighted by atomic mass is 10.0. The van der Waals surface area contributed by atoms with E-state index < -0.39 is 0 Å². The fraction of sp³-hybridized carbons (Fsp3) is 0.864. The third-order valence-corrected chi connectivity index (χ3v) is 5.10. The van der Waals surface area contributed by atoms with E-state index in [0.717, 1.165) is 26.1 Å². The van der Waals surface area contributed by atoms with Crippen LogP contribution in [0.1, 0.15) is 104 Å². The van der Waals surface area contributed by atoms with Gasteiger partial charge in [-0.1, -0.05) is 89.7 Å². The van der Waals surface area contributed by atoms with Crippen molar-refractivity contribution >= 4 is 5.84 Å². The molecule has 2 nitrogen and oxygen atoms in total. The fourth-order valence-corrected chi connectivity index (χ4v) is 3.47. The van der Waals surface area contributed by atoms with Crippen LogP contribution in [0.15, 0.2) is 17.1 Å². The second kappa shape index (κ2) is 15.7. The van der Waals surface area contributed by atoms with Gasteiger partial charge in [0.15, 0.2) is 0 Å². The summed E-state index contributed by atoms with van der Waals surface area (Å²) in [5.41, 5.74) is 0. The number of aliphatic imine (C=N–C) groups is 1. The van der Waals surface area contributed by atoms with Gasteiger partial charge in [-0.15, -0.1) is 0 Å². The summed E-state index contributed by atoms with van der Waals surface area (Å²) in [7, 11) is 0. The van der Waals surface area contributed by atoms with Crippen LogP contribution in [-0.4, -0.2) is 30.4 Å². The van der Waals surface area contributed by atoms with Crippen LogP contribution >= 0.6 is 0 Å². The second-order valence-corrected chi connectivity index (χ2v) is 7.23. The molecule has 0 aromatic rings. The van der Waals surface area contributed by atoms with Crippen molar-refractivity contribution in [2.24, 2.45) is 4.99 Å². The lowest BCUT2D eigenvalue weighted by Crippen LogP contribution is -2.26. The van der Waals surface area contributed by atoms with Crippen molar-refractivity contribution in [3.8, 4) is 0 Å². The zero-order chi connectivity index (χ0) is 17.3. The summed E-state index contributed by atoms with van der Waals surface area (Å²) in [6.07, 6.45) is 24.2. The number of rotatable bonds is 16. The van der Waals surface area contributed by atoms with Crippen molar-refractivity contribution in [3.05, 3.63) is 12.2 Å². The Kier molecular flexibility index (Phi) is 13.9. The van der Waals surface area contributed by atoms with Crippen LogP contribution in [-0.2, 0) is 0 Å². The van der Waals surface area contributed by atoms with Gasteiger partial charge in [0, 0.05) is 19.5 Å². The fourth-order valence-electron chi connectivity index (χ4n) is 3.47. The molecule has 1 aliphatic heterocycles. The van der Waals surface area contributed by atoms with Crippen LogP contribution in [0.25, 0.3) is 0 Å². The Hall–Kier alpha value is -0.790. The summed E-state index contributed by atoms with van der Waals surface area (Å²) in [5.74, 6) is 1.29. The van der Waals surface area contributed by atoms with Crippen LogP contribution in [0.4, 0.5) is 0 Å². The number of hydrogen-bond acceptors (Lipinski definition) is 2. The summed E-state index contributed by atoms with van der Waals surface area (Å²) in [5, 5.41) is 0. The Bertz CT molecular complexity index is 333. The molecule has 0 unspecified atom stereocenters. The Morgan fingerprint density at radius 1 is 0.792 bits per heavy atom. The third kappa shape index (κ3) is 10.9. The van der Waals surface area contributed by atoms with Crippen LogP contribution in [0.3, 0.4) is 0 Å². The van der Waals surface area contributed by atoms with Crippen molar-refractivity contribution in [2.75, 3.05) is 19.6 Å². The molecule has 0 aliphatic carbocycles. The van der Waals surface area contributed by atoms with Gasteiger partial charge in [0.05, 0.1) is 6.54 Å². The average Bonchev–Trinajstić information content (AvgIpc) is 3.06. The zero-order valence-electron chi connectivity index (χ0n) is 16.6. The molecule has 2 heteroatoms. The molecule has 140 valence electrons. The van der Waals surface area contributed by atoms with Crippen LogP contribution in [0.2, 0.25) is 0 Å². The second-order valence-electron chi connectivity index (χ2n) is 7.23. The quantitative estimate of drug-likeness (QED) is 0.225. The monoisotopic (exact) mass is 334 g/mol. The van der Waals surface area contributed by atoms with E-state index in [4.69, 9.17) is 0 Å². The van der Waals surface area contributed by atoms with Crippen molar-refractivity contribution in [2.45, 2.75) is 104 Å². The molecule has 0 amide bonds. The van der Waals surface area contributed by atoms with E-state index in [1.54, 1.807) is 0 Å². The van der Waals surface area contributed by atoms with E-state index in [2.05, 4.69) is 35.9 Å². The highest BCUT2D eigenvalue weighted by Crippen LogP contribution is 2.13. The van der Waals surface area contributed by atoms with Crippen LogP contribution < -0.4 is 0 Å². The van der Waals surface area contributed by atoms with Gasteiger partial charge in [-0.3, -0.25) is 4.99 Å². The van der Waals surface area contributed by atoms with Crippen molar-refractivity contribution in [3.63, 3.8) is 0 Å². The van der Waals surface area contributed by atoms with E-state index in [1.807, 2.05) is 0 Å². The highest BCUT2D eigenvalue weighted by molar-refractivity contribution is 5.84. The van der Waals surface area contributed by atoms with E-state index in [1.165, 1.54) is 89.3 Å². The lowest BCUT2D eigenvalue weighted by Gasteiger charge is -2.16. The number of amidine groups is 1. The van der Waals surface area contributed by atoms with Crippen LogP contribution in [0, 0.1) is 0 Å². The molecule has 0 N–H and O–H groups in total. The molecular formula is C22H42N2. The van der Waals surface area contributed by atoms with E-state index in [0.29, 0.717) is 0 Å². The third-order valence-electron chi connectivity index (χ3n) is 5.10. The minimum Gasteiger partial charge on any atom is -0.359 e. The molecule has 1 rings (SSSR count). The van der Waals surface area contributed by atoms with Gasteiger partial charge in [-0.05, 0) is 19.8 Å². The molecule has 0 saturated heterocycles. The molecule has 0 saturated carbocycles. The normalized spacial score (nSPS) is 14.8. The maximum Gasteiger partial charge on any atom is 0.103 e. The van der Waals surface area contributed by atoms with Gasteiger partial charge >= 0.3 is 0 Å². The summed E-state index contributed by atoms with van der Waals surface area (Å²) in [4.78, 5) is 6.98. The van der Waals surface area contributed by atoms with Gasteiger partial charge in [0.2, 0.25) is 0 Å². The Morgan fingerprint density at radius 3 is 1.96 bits per heavy atom. The molecule has 0 bridgehead atoms. The average molecular weight is 335 g/mol. The SMILES string of the molecule is CCCCCCCCCCCCCCC=CCC1=NCCN1CC. The van der Waals surface area contributed by atoms with Crippen molar-refractivity contribution in [1.29, 1.82) is 0 Å². The lowest BCUT2D eigenvalue weighted by molar-refractivity contribution is 0.478. The molecule has 0 aromatic carbocycles. The minimum absolute atomic E-state index is 0.996. The number of nitrogens with zero attached hydrogens (tertiary/aromatic N) is 2. The molecule has 0 radical (unpaired) electrons. The first-order valence-corrected chi connectivity index (χ1v) is 10.8. The first-order valence-electron chi connectivity index (χ1n) is 10.8. The van der Waals surface area contributed by atoms with Gasteiger partial charge < -0.3 is 4.90 Å². The number of unbranched alkanes of at least 4 members (excludes halogenated alkanes) is 12. The topological polar surface area (TPSA) is 15.6 Å². The summed E-state index contributed by atoms with van der Waals surface area (Å²) in [6.45, 7) is 7.73. The van der Waals surface area contributed by atoms with E-state index >= 15 is 0 Å². The standard InChI is InChI=1S/C22H42N2/c1-3-5-6-7-8-9-10-11-12-13-14-15-16-17-18-19-22-23-20-21-24(22)4-2/h17-18H,3-16,19-21H2,1-2H3. The Balaban J connectivity index is 1.80. The highest BCUT2D eigenvalue weighted by atomic mass is 15.2. The maximum absolute atomic E-state index is 4.58. The predicted octanol–water partition coefficient (Wildman–Crippen LogP) is 6.76. The molecule has 0 aromatic heterocycles. The maximum atomic E-state index is 4.58. The van der Waals surface area contributed by atoms with Crippen molar-refractivity contribution in [1.82, 2.24) is 4.90 Å². The molecule has 1 heterocycles. The van der Waals surface area contributed by atoms with Crippen LogP contribution in [0.5, 0.6) is 0 Å². The zero-order valence-corrected chi connectivity index (χ0v) is 16.6. The Labute approximate surface area is 151 Å². The molecule has 24 heavy (non-hydrogen) atoms. The first-order chi connectivity index (χ1) is 11.9. The number of allylic oxidation sites excluding steroid dienone is 1.